The Balaban J connectivity index is 2.24. The molecule has 0 heterocycles. The van der Waals surface area contributed by atoms with Gasteiger partial charge in [-0.15, -0.1) is 0 Å². The van der Waals surface area contributed by atoms with Crippen molar-refractivity contribution < 1.29 is 13.2 Å². The molecule has 1 aromatic carbocycles. The Labute approximate surface area is 145 Å². The first kappa shape index (κ1) is 18.9. The molecule has 24 heavy (non-hydrogen) atoms. The highest BCUT2D eigenvalue weighted by Crippen LogP contribution is 2.27. The maximum absolute atomic E-state index is 13.1. The highest BCUT2D eigenvalue weighted by atomic mass is 32.2. The molecule has 1 atom stereocenters. The van der Waals surface area contributed by atoms with Crippen LogP contribution >= 0.6 is 0 Å². The predicted molar refractivity (Wildman–Crippen MR) is 95.1 cm³/mol. The molecule has 1 saturated carbocycles. The van der Waals surface area contributed by atoms with Gasteiger partial charge in [0.25, 0.3) is 0 Å². The van der Waals surface area contributed by atoms with Gasteiger partial charge in [-0.1, -0.05) is 44.4 Å². The Morgan fingerprint density at radius 2 is 1.83 bits per heavy atom. The molecular weight excluding hydrogens is 324 g/mol. The van der Waals surface area contributed by atoms with Crippen LogP contribution in [0.25, 0.3) is 0 Å². The van der Waals surface area contributed by atoms with Crippen LogP contribution in [0.5, 0.6) is 0 Å². The molecule has 5 nitrogen and oxygen atoms in total. The van der Waals surface area contributed by atoms with E-state index in [9.17, 15) is 13.2 Å². The predicted octanol–water partition coefficient (Wildman–Crippen LogP) is 2.92. The van der Waals surface area contributed by atoms with E-state index in [-0.39, 0.29) is 29.4 Å². The largest absolute Gasteiger partial charge is 0.353 e. The van der Waals surface area contributed by atoms with Crippen LogP contribution in [0.1, 0.15) is 52.4 Å². The number of carbonyl (C=O) groups excluding carboxylic acids is 1. The average Bonchev–Trinajstić information content (AvgIpc) is 2.61. The molecule has 0 unspecified atom stereocenters. The third kappa shape index (κ3) is 4.80. The summed E-state index contributed by atoms with van der Waals surface area (Å²) in [6.45, 7) is 3.81. The van der Waals surface area contributed by atoms with Crippen molar-refractivity contribution in [1.29, 1.82) is 0 Å². The van der Waals surface area contributed by atoms with Crippen LogP contribution in [0.15, 0.2) is 35.2 Å². The summed E-state index contributed by atoms with van der Waals surface area (Å²) in [5.41, 5.74) is 0. The fourth-order valence-corrected chi connectivity index (χ4v) is 4.73. The van der Waals surface area contributed by atoms with Gasteiger partial charge < -0.3 is 5.32 Å². The molecule has 1 aromatic rings. The number of amides is 1. The van der Waals surface area contributed by atoms with Crippen LogP contribution in [0.2, 0.25) is 0 Å². The lowest BCUT2D eigenvalue weighted by atomic mass is 9.95. The second-order valence-electron chi connectivity index (χ2n) is 6.53. The molecule has 0 bridgehead atoms. The number of nitrogens with zero attached hydrogens (tertiary/aromatic N) is 1. The van der Waals surface area contributed by atoms with Crippen LogP contribution in [0, 0.1) is 0 Å². The van der Waals surface area contributed by atoms with Crippen molar-refractivity contribution in [2.75, 3.05) is 6.54 Å². The first-order valence-electron chi connectivity index (χ1n) is 8.81. The molecule has 1 fully saturated rings. The highest BCUT2D eigenvalue weighted by molar-refractivity contribution is 7.89. The first-order valence-corrected chi connectivity index (χ1v) is 10.3. The maximum atomic E-state index is 13.1. The quantitative estimate of drug-likeness (QED) is 0.820. The van der Waals surface area contributed by atoms with E-state index in [2.05, 4.69) is 5.32 Å². The fraction of sp³-hybridized carbons (Fsp3) is 0.611. The monoisotopic (exact) mass is 352 g/mol. The van der Waals surface area contributed by atoms with Gasteiger partial charge in [0.15, 0.2) is 0 Å². The lowest BCUT2D eigenvalue weighted by molar-refractivity contribution is -0.122. The SMILES string of the molecule is CC[C@H](C)NC(=O)CN(C1CCCCC1)S(=O)(=O)c1ccccc1. The molecule has 0 saturated heterocycles. The maximum Gasteiger partial charge on any atom is 0.243 e. The lowest BCUT2D eigenvalue weighted by Gasteiger charge is -2.33. The third-order valence-electron chi connectivity index (χ3n) is 4.65. The van der Waals surface area contributed by atoms with Crippen molar-refractivity contribution in [1.82, 2.24) is 9.62 Å². The van der Waals surface area contributed by atoms with E-state index in [1.54, 1.807) is 30.3 Å². The van der Waals surface area contributed by atoms with E-state index in [0.29, 0.717) is 0 Å². The summed E-state index contributed by atoms with van der Waals surface area (Å²) >= 11 is 0. The zero-order valence-electron chi connectivity index (χ0n) is 14.6. The van der Waals surface area contributed by atoms with E-state index in [0.717, 1.165) is 38.5 Å². The molecule has 0 radical (unpaired) electrons. The minimum atomic E-state index is -3.67. The Bertz CT molecular complexity index is 625. The van der Waals surface area contributed by atoms with Gasteiger partial charge in [0.2, 0.25) is 15.9 Å². The second-order valence-corrected chi connectivity index (χ2v) is 8.42. The Morgan fingerprint density at radius 1 is 1.21 bits per heavy atom. The van der Waals surface area contributed by atoms with Crippen molar-refractivity contribution in [2.24, 2.45) is 0 Å². The summed E-state index contributed by atoms with van der Waals surface area (Å²) in [5, 5.41) is 2.88. The number of hydrogen-bond acceptors (Lipinski definition) is 3. The van der Waals surface area contributed by atoms with E-state index in [1.165, 1.54) is 4.31 Å². The van der Waals surface area contributed by atoms with E-state index < -0.39 is 10.0 Å². The molecular formula is C18H28N2O3S. The molecule has 0 aromatic heterocycles. The van der Waals surface area contributed by atoms with Gasteiger partial charge in [-0.05, 0) is 38.3 Å². The third-order valence-corrected chi connectivity index (χ3v) is 6.56. The smallest absolute Gasteiger partial charge is 0.243 e. The zero-order chi connectivity index (χ0) is 17.6. The average molecular weight is 352 g/mol. The van der Waals surface area contributed by atoms with Gasteiger partial charge in [0.05, 0.1) is 11.4 Å². The number of benzene rings is 1. The fourth-order valence-electron chi connectivity index (χ4n) is 3.07. The molecule has 2 rings (SSSR count). The lowest BCUT2D eigenvalue weighted by Crippen LogP contribution is -2.48. The number of hydrogen-bond donors (Lipinski definition) is 1. The van der Waals surface area contributed by atoms with Crippen LogP contribution in [-0.4, -0.2) is 37.3 Å². The van der Waals surface area contributed by atoms with Crippen LogP contribution in [-0.2, 0) is 14.8 Å². The van der Waals surface area contributed by atoms with Crippen LogP contribution in [0.4, 0.5) is 0 Å². The summed E-state index contributed by atoms with van der Waals surface area (Å²) in [7, 11) is -3.67. The van der Waals surface area contributed by atoms with Gasteiger partial charge in [-0.25, -0.2) is 8.42 Å². The Hall–Kier alpha value is -1.40. The second kappa shape index (κ2) is 8.62. The van der Waals surface area contributed by atoms with E-state index in [4.69, 9.17) is 0 Å². The minimum Gasteiger partial charge on any atom is -0.353 e. The summed E-state index contributed by atoms with van der Waals surface area (Å²) in [6.07, 6.45) is 5.62. The molecule has 1 aliphatic carbocycles. The number of sulfonamides is 1. The van der Waals surface area contributed by atoms with Gasteiger partial charge in [0, 0.05) is 12.1 Å². The summed E-state index contributed by atoms with van der Waals surface area (Å²) in [5.74, 6) is -0.227. The molecule has 1 amide bonds. The summed E-state index contributed by atoms with van der Waals surface area (Å²) < 4.78 is 27.6. The van der Waals surface area contributed by atoms with E-state index in [1.807, 2.05) is 13.8 Å². The Kier molecular flexibility index (Phi) is 6.80. The topological polar surface area (TPSA) is 66.5 Å². The highest BCUT2D eigenvalue weighted by Gasteiger charge is 2.33. The van der Waals surface area contributed by atoms with Gasteiger partial charge in [-0.2, -0.15) is 4.31 Å². The molecule has 6 heteroatoms. The van der Waals surface area contributed by atoms with Gasteiger partial charge >= 0.3 is 0 Å². The van der Waals surface area contributed by atoms with Crippen molar-refractivity contribution in [2.45, 2.75) is 69.4 Å². The molecule has 0 aliphatic heterocycles. The number of rotatable bonds is 7. The van der Waals surface area contributed by atoms with Crippen molar-refractivity contribution >= 4 is 15.9 Å². The summed E-state index contributed by atoms with van der Waals surface area (Å²) in [4.78, 5) is 12.6. The van der Waals surface area contributed by atoms with Crippen LogP contribution < -0.4 is 5.32 Å². The number of nitrogens with one attached hydrogen (secondary N) is 1. The molecule has 134 valence electrons. The number of carbonyl (C=O) groups is 1. The Morgan fingerprint density at radius 3 is 2.42 bits per heavy atom. The van der Waals surface area contributed by atoms with Gasteiger partial charge in [0.1, 0.15) is 0 Å². The minimum absolute atomic E-state index is 0.0464. The molecule has 0 spiro atoms. The van der Waals surface area contributed by atoms with E-state index >= 15 is 0 Å². The van der Waals surface area contributed by atoms with Crippen LogP contribution in [0.3, 0.4) is 0 Å². The van der Waals surface area contributed by atoms with Gasteiger partial charge in [-0.3, -0.25) is 4.79 Å². The normalized spacial score (nSPS) is 17.6. The first-order chi connectivity index (χ1) is 11.4. The van der Waals surface area contributed by atoms with Crippen molar-refractivity contribution in [3.05, 3.63) is 30.3 Å². The summed E-state index contributed by atoms with van der Waals surface area (Å²) in [6, 6.07) is 8.36. The molecule has 1 N–H and O–H groups in total. The zero-order valence-corrected chi connectivity index (χ0v) is 15.4. The van der Waals surface area contributed by atoms with Crippen molar-refractivity contribution in [3.63, 3.8) is 0 Å². The standard InChI is InChI=1S/C18H28N2O3S/c1-3-15(2)19-18(21)14-20(16-10-6-4-7-11-16)24(22,23)17-12-8-5-9-13-17/h5,8-9,12-13,15-16H,3-4,6-7,10-11,14H2,1-2H3,(H,19,21)/t15-/m0/s1. The molecule has 1 aliphatic rings. The van der Waals surface area contributed by atoms with Crippen molar-refractivity contribution in [3.8, 4) is 0 Å².